The lowest BCUT2D eigenvalue weighted by molar-refractivity contribution is 0.0941. The predicted molar refractivity (Wildman–Crippen MR) is 82.1 cm³/mol. The van der Waals surface area contributed by atoms with Crippen molar-refractivity contribution < 1.29 is 13.2 Å². The Labute approximate surface area is 125 Å². The third-order valence-electron chi connectivity index (χ3n) is 3.09. The summed E-state index contributed by atoms with van der Waals surface area (Å²) < 4.78 is 22.8. The molecule has 1 aromatic heterocycles. The van der Waals surface area contributed by atoms with Gasteiger partial charge in [-0.2, -0.15) is 0 Å². The Morgan fingerprint density at radius 2 is 2.05 bits per heavy atom. The highest BCUT2D eigenvalue weighted by Crippen LogP contribution is 2.16. The summed E-state index contributed by atoms with van der Waals surface area (Å²) in [5.41, 5.74) is 1.05. The number of aromatic nitrogens is 1. The van der Waals surface area contributed by atoms with E-state index >= 15 is 0 Å². The number of amides is 1. The standard InChI is InChI=1S/C14H21N3O3S/c1-14(2,3)17-12-6-10(7-15-8-12)13(18)16-11-4-5-21(19,20)9-11/h6-8,11,17H,4-5,9H2,1-3H3,(H,16,18). The summed E-state index contributed by atoms with van der Waals surface area (Å²) in [7, 11) is -3.00. The molecule has 1 atom stereocenters. The number of carbonyl (C=O) groups excluding carboxylic acids is 1. The highest BCUT2D eigenvalue weighted by atomic mass is 32.2. The second kappa shape index (κ2) is 5.63. The molecule has 0 aromatic carbocycles. The van der Waals surface area contributed by atoms with Crippen LogP contribution in [0.25, 0.3) is 0 Å². The average molecular weight is 311 g/mol. The van der Waals surface area contributed by atoms with Crippen LogP contribution in [0.3, 0.4) is 0 Å². The molecular weight excluding hydrogens is 290 g/mol. The number of nitrogens with zero attached hydrogens (tertiary/aromatic N) is 1. The maximum atomic E-state index is 12.2. The van der Waals surface area contributed by atoms with Crippen molar-refractivity contribution in [1.82, 2.24) is 10.3 Å². The average Bonchev–Trinajstić information content (AvgIpc) is 2.66. The molecule has 0 bridgehead atoms. The maximum Gasteiger partial charge on any atom is 0.253 e. The number of rotatable bonds is 3. The topological polar surface area (TPSA) is 88.2 Å². The summed E-state index contributed by atoms with van der Waals surface area (Å²) >= 11 is 0. The van der Waals surface area contributed by atoms with Gasteiger partial charge in [-0.05, 0) is 33.3 Å². The van der Waals surface area contributed by atoms with Gasteiger partial charge in [-0.25, -0.2) is 8.42 Å². The molecule has 1 aromatic rings. The molecule has 1 aliphatic rings. The zero-order valence-corrected chi connectivity index (χ0v) is 13.3. The first-order chi connectivity index (χ1) is 9.65. The fraction of sp³-hybridized carbons (Fsp3) is 0.571. The maximum absolute atomic E-state index is 12.2. The van der Waals surface area contributed by atoms with Crippen molar-refractivity contribution in [2.75, 3.05) is 16.8 Å². The first kappa shape index (κ1) is 15.8. The van der Waals surface area contributed by atoms with Crippen LogP contribution in [0.1, 0.15) is 37.6 Å². The summed E-state index contributed by atoms with van der Waals surface area (Å²) in [6.45, 7) is 6.05. The van der Waals surface area contributed by atoms with Crippen molar-refractivity contribution in [3.05, 3.63) is 24.0 Å². The largest absolute Gasteiger partial charge is 0.379 e. The van der Waals surface area contributed by atoms with Gasteiger partial charge in [0, 0.05) is 24.0 Å². The van der Waals surface area contributed by atoms with Crippen LogP contribution >= 0.6 is 0 Å². The molecule has 0 spiro atoms. The van der Waals surface area contributed by atoms with Gasteiger partial charge in [0.15, 0.2) is 9.84 Å². The normalized spacial score (nSPS) is 21.0. The van der Waals surface area contributed by atoms with Crippen molar-refractivity contribution in [1.29, 1.82) is 0 Å². The molecule has 1 fully saturated rings. The first-order valence-electron chi connectivity index (χ1n) is 6.89. The van der Waals surface area contributed by atoms with Crippen LogP contribution in [0.2, 0.25) is 0 Å². The van der Waals surface area contributed by atoms with E-state index in [1.165, 1.54) is 6.20 Å². The fourth-order valence-corrected chi connectivity index (χ4v) is 3.92. The van der Waals surface area contributed by atoms with Crippen molar-refractivity contribution >= 4 is 21.4 Å². The molecule has 0 aliphatic carbocycles. The van der Waals surface area contributed by atoms with Crippen LogP contribution in [0, 0.1) is 0 Å². The number of sulfone groups is 1. The van der Waals surface area contributed by atoms with Crippen LogP contribution < -0.4 is 10.6 Å². The zero-order valence-electron chi connectivity index (χ0n) is 12.5. The van der Waals surface area contributed by atoms with E-state index in [0.717, 1.165) is 5.69 Å². The monoisotopic (exact) mass is 311 g/mol. The molecule has 2 heterocycles. The molecular formula is C14H21N3O3S. The lowest BCUT2D eigenvalue weighted by Crippen LogP contribution is -2.35. The highest BCUT2D eigenvalue weighted by molar-refractivity contribution is 7.91. The molecule has 2 N–H and O–H groups in total. The molecule has 116 valence electrons. The van der Waals surface area contributed by atoms with E-state index in [1.54, 1.807) is 12.3 Å². The van der Waals surface area contributed by atoms with Gasteiger partial charge >= 0.3 is 0 Å². The Bertz CT molecular complexity index is 635. The first-order valence-corrected chi connectivity index (χ1v) is 8.71. The van der Waals surface area contributed by atoms with Gasteiger partial charge in [-0.3, -0.25) is 9.78 Å². The van der Waals surface area contributed by atoms with E-state index in [0.29, 0.717) is 12.0 Å². The summed E-state index contributed by atoms with van der Waals surface area (Å²) in [5, 5.41) is 6.00. The Hall–Kier alpha value is -1.63. The van der Waals surface area contributed by atoms with Gasteiger partial charge in [0.25, 0.3) is 5.91 Å². The van der Waals surface area contributed by atoms with Crippen LogP contribution in [0.15, 0.2) is 18.5 Å². The van der Waals surface area contributed by atoms with Crippen molar-refractivity contribution in [2.24, 2.45) is 0 Å². The van der Waals surface area contributed by atoms with E-state index in [1.807, 2.05) is 20.8 Å². The molecule has 1 amide bonds. The third kappa shape index (κ3) is 4.70. The molecule has 6 nitrogen and oxygen atoms in total. The van der Waals surface area contributed by atoms with Crippen LogP contribution in [0.5, 0.6) is 0 Å². The van der Waals surface area contributed by atoms with E-state index in [-0.39, 0.29) is 29.0 Å². The summed E-state index contributed by atoms with van der Waals surface area (Å²) in [6, 6.07) is 1.42. The molecule has 2 rings (SSSR count). The van der Waals surface area contributed by atoms with Crippen molar-refractivity contribution in [3.8, 4) is 0 Å². The van der Waals surface area contributed by atoms with Crippen LogP contribution in [-0.2, 0) is 9.84 Å². The second-order valence-corrected chi connectivity index (χ2v) is 8.64. The molecule has 21 heavy (non-hydrogen) atoms. The number of carbonyl (C=O) groups is 1. The molecule has 1 unspecified atom stereocenters. The summed E-state index contributed by atoms with van der Waals surface area (Å²) in [4.78, 5) is 16.2. The smallest absolute Gasteiger partial charge is 0.253 e. The summed E-state index contributed by atoms with van der Waals surface area (Å²) in [5.74, 6) is -0.129. The lowest BCUT2D eigenvalue weighted by atomic mass is 10.1. The number of pyridine rings is 1. The highest BCUT2D eigenvalue weighted by Gasteiger charge is 2.29. The lowest BCUT2D eigenvalue weighted by Gasteiger charge is -2.22. The fourth-order valence-electron chi connectivity index (χ4n) is 2.24. The number of hydrogen-bond acceptors (Lipinski definition) is 5. The van der Waals surface area contributed by atoms with Crippen molar-refractivity contribution in [3.63, 3.8) is 0 Å². The Morgan fingerprint density at radius 1 is 1.33 bits per heavy atom. The molecule has 0 radical (unpaired) electrons. The van der Waals surface area contributed by atoms with Crippen LogP contribution in [-0.4, -0.2) is 42.4 Å². The molecule has 0 saturated carbocycles. The number of anilines is 1. The van der Waals surface area contributed by atoms with Gasteiger partial charge in [0.1, 0.15) is 0 Å². The molecule has 1 aliphatic heterocycles. The van der Waals surface area contributed by atoms with E-state index in [9.17, 15) is 13.2 Å². The van der Waals surface area contributed by atoms with Gasteiger partial charge in [-0.15, -0.1) is 0 Å². The van der Waals surface area contributed by atoms with Gasteiger partial charge in [0.05, 0.1) is 22.8 Å². The van der Waals surface area contributed by atoms with E-state index < -0.39 is 9.84 Å². The number of nitrogens with one attached hydrogen (secondary N) is 2. The minimum atomic E-state index is -3.00. The Morgan fingerprint density at radius 3 is 2.62 bits per heavy atom. The van der Waals surface area contributed by atoms with E-state index in [4.69, 9.17) is 0 Å². The predicted octanol–water partition coefficient (Wildman–Crippen LogP) is 1.21. The molecule has 1 saturated heterocycles. The third-order valence-corrected chi connectivity index (χ3v) is 4.86. The Kier molecular flexibility index (Phi) is 4.22. The van der Waals surface area contributed by atoms with Crippen LogP contribution in [0.4, 0.5) is 5.69 Å². The SMILES string of the molecule is CC(C)(C)Nc1cncc(C(=O)NC2CCS(=O)(=O)C2)c1. The Balaban J connectivity index is 2.04. The summed E-state index contributed by atoms with van der Waals surface area (Å²) in [6.07, 6.45) is 3.61. The number of hydrogen-bond donors (Lipinski definition) is 2. The van der Waals surface area contributed by atoms with Gasteiger partial charge < -0.3 is 10.6 Å². The van der Waals surface area contributed by atoms with Gasteiger partial charge in [0.2, 0.25) is 0 Å². The van der Waals surface area contributed by atoms with Crippen molar-refractivity contribution in [2.45, 2.75) is 38.8 Å². The minimum absolute atomic E-state index is 0.0199. The quantitative estimate of drug-likeness (QED) is 0.876. The molecule has 7 heteroatoms. The second-order valence-electron chi connectivity index (χ2n) is 6.41. The zero-order chi connectivity index (χ0) is 15.7. The van der Waals surface area contributed by atoms with Gasteiger partial charge in [-0.1, -0.05) is 0 Å². The minimum Gasteiger partial charge on any atom is -0.379 e. The van der Waals surface area contributed by atoms with E-state index in [2.05, 4.69) is 15.6 Å².